The predicted molar refractivity (Wildman–Crippen MR) is 112 cm³/mol. The molecule has 0 radical (unpaired) electrons. The van der Waals surface area contributed by atoms with E-state index in [-0.39, 0.29) is 11.2 Å². The maximum Gasteiger partial charge on any atom is 0.177 e. The van der Waals surface area contributed by atoms with Gasteiger partial charge in [-0.3, -0.25) is 0 Å². The largest absolute Gasteiger partial charge is 0.334 e. The first-order valence-corrected chi connectivity index (χ1v) is 10.4. The average molecular weight is 414 g/mol. The Labute approximate surface area is 173 Å². The van der Waals surface area contributed by atoms with Crippen LogP contribution in [-0.4, -0.2) is 16.1 Å². The summed E-state index contributed by atoms with van der Waals surface area (Å²) in [5, 5.41) is 4.08. The SMILES string of the molecule is Fc1ccc(Cl)cc1[C@]12CC1c1c(CCNCc3ccccc3)[nH]c(=S)n1C2. The van der Waals surface area contributed by atoms with Gasteiger partial charge in [-0.25, -0.2) is 4.39 Å². The molecule has 0 saturated heterocycles. The number of imidazole rings is 1. The number of aromatic amines is 1. The van der Waals surface area contributed by atoms with Crippen LogP contribution >= 0.6 is 23.8 Å². The fourth-order valence-corrected chi connectivity index (χ4v) is 5.16. The van der Waals surface area contributed by atoms with Crippen molar-refractivity contribution in [3.63, 3.8) is 0 Å². The maximum absolute atomic E-state index is 14.5. The molecule has 1 fully saturated rings. The van der Waals surface area contributed by atoms with E-state index in [0.717, 1.165) is 42.8 Å². The summed E-state index contributed by atoms with van der Waals surface area (Å²) in [5.74, 6) is 0.149. The highest BCUT2D eigenvalue weighted by atomic mass is 35.5. The number of benzene rings is 2. The van der Waals surface area contributed by atoms with Crippen LogP contribution in [0.1, 0.15) is 34.9 Å². The number of hydrogen-bond acceptors (Lipinski definition) is 2. The monoisotopic (exact) mass is 413 g/mol. The molecular weight excluding hydrogens is 393 g/mol. The van der Waals surface area contributed by atoms with Crippen LogP contribution in [0, 0.1) is 10.6 Å². The lowest BCUT2D eigenvalue weighted by Gasteiger charge is -2.14. The topological polar surface area (TPSA) is 32.8 Å². The molecule has 1 aliphatic heterocycles. The van der Waals surface area contributed by atoms with Gasteiger partial charge in [0.05, 0.1) is 0 Å². The zero-order valence-corrected chi connectivity index (χ0v) is 16.9. The molecule has 0 bridgehead atoms. The van der Waals surface area contributed by atoms with Gasteiger partial charge in [0.25, 0.3) is 0 Å². The Kier molecular flexibility index (Phi) is 4.42. The van der Waals surface area contributed by atoms with Gasteiger partial charge in [0, 0.05) is 53.8 Å². The van der Waals surface area contributed by atoms with Gasteiger partial charge in [-0.1, -0.05) is 41.9 Å². The van der Waals surface area contributed by atoms with Crippen molar-refractivity contribution >= 4 is 23.8 Å². The quantitative estimate of drug-likeness (QED) is 0.435. The Morgan fingerprint density at radius 2 is 2.07 bits per heavy atom. The highest BCUT2D eigenvalue weighted by Gasteiger charge is 2.63. The summed E-state index contributed by atoms with van der Waals surface area (Å²) in [6, 6.07) is 15.2. The fourth-order valence-electron chi connectivity index (χ4n) is 4.70. The zero-order chi connectivity index (χ0) is 19.3. The van der Waals surface area contributed by atoms with E-state index < -0.39 is 0 Å². The van der Waals surface area contributed by atoms with Crippen molar-refractivity contribution in [2.75, 3.05) is 6.54 Å². The lowest BCUT2D eigenvalue weighted by atomic mass is 9.93. The van der Waals surface area contributed by atoms with Crippen LogP contribution in [0.3, 0.4) is 0 Å². The molecule has 1 unspecified atom stereocenters. The molecule has 0 spiro atoms. The lowest BCUT2D eigenvalue weighted by molar-refractivity contribution is 0.530. The number of fused-ring (bicyclic) bond motifs is 3. The van der Waals surface area contributed by atoms with Gasteiger partial charge in [-0.2, -0.15) is 0 Å². The molecule has 1 saturated carbocycles. The average Bonchev–Trinajstić information content (AvgIpc) is 3.19. The van der Waals surface area contributed by atoms with E-state index in [4.69, 9.17) is 23.8 Å². The van der Waals surface area contributed by atoms with E-state index in [0.29, 0.717) is 10.9 Å². The second-order valence-corrected chi connectivity index (χ2v) is 8.65. The first-order chi connectivity index (χ1) is 13.6. The molecule has 2 heterocycles. The molecule has 2 aromatic carbocycles. The molecule has 0 amide bonds. The fraction of sp³-hybridized carbons (Fsp3) is 0.318. The van der Waals surface area contributed by atoms with E-state index in [1.807, 2.05) is 6.07 Å². The molecule has 28 heavy (non-hydrogen) atoms. The number of halogens is 2. The number of H-pyrrole nitrogens is 1. The molecule has 3 aromatic rings. The molecule has 5 rings (SSSR count). The van der Waals surface area contributed by atoms with Crippen LogP contribution in [-0.2, 0) is 24.9 Å². The Morgan fingerprint density at radius 3 is 2.89 bits per heavy atom. The summed E-state index contributed by atoms with van der Waals surface area (Å²) < 4.78 is 17.4. The van der Waals surface area contributed by atoms with Crippen LogP contribution in [0.5, 0.6) is 0 Å². The molecule has 6 heteroatoms. The normalized spacial score (nSPS) is 22.1. The van der Waals surface area contributed by atoms with Crippen LogP contribution in [0.15, 0.2) is 48.5 Å². The minimum absolute atomic E-state index is 0.168. The molecule has 2 atom stereocenters. The third-order valence-electron chi connectivity index (χ3n) is 6.14. The molecule has 1 aromatic heterocycles. The number of nitrogens with one attached hydrogen (secondary N) is 2. The van der Waals surface area contributed by atoms with E-state index in [1.165, 1.54) is 23.0 Å². The lowest BCUT2D eigenvalue weighted by Crippen LogP contribution is -2.17. The summed E-state index contributed by atoms with van der Waals surface area (Å²) in [6.45, 7) is 2.44. The molecule has 1 aliphatic carbocycles. The molecule has 2 N–H and O–H groups in total. The second kappa shape index (κ2) is 6.83. The summed E-state index contributed by atoms with van der Waals surface area (Å²) in [5.41, 5.74) is 4.26. The first-order valence-electron chi connectivity index (χ1n) is 9.60. The summed E-state index contributed by atoms with van der Waals surface area (Å²) in [6.07, 6.45) is 1.84. The van der Waals surface area contributed by atoms with Gasteiger partial charge < -0.3 is 14.9 Å². The van der Waals surface area contributed by atoms with E-state index in [2.05, 4.69) is 39.1 Å². The van der Waals surface area contributed by atoms with Gasteiger partial charge in [0.1, 0.15) is 5.82 Å². The number of rotatable bonds is 6. The number of nitrogens with zero attached hydrogens (tertiary/aromatic N) is 1. The predicted octanol–water partition coefficient (Wildman–Crippen LogP) is 5.11. The molecule has 3 nitrogen and oxygen atoms in total. The number of aromatic nitrogens is 2. The van der Waals surface area contributed by atoms with Gasteiger partial charge >= 0.3 is 0 Å². The number of hydrogen-bond donors (Lipinski definition) is 2. The van der Waals surface area contributed by atoms with Crippen molar-refractivity contribution in [3.05, 3.63) is 86.7 Å². The van der Waals surface area contributed by atoms with Crippen molar-refractivity contribution < 1.29 is 4.39 Å². The van der Waals surface area contributed by atoms with E-state index >= 15 is 0 Å². The van der Waals surface area contributed by atoms with Gasteiger partial charge in [0.2, 0.25) is 0 Å². The van der Waals surface area contributed by atoms with Crippen molar-refractivity contribution in [2.24, 2.45) is 0 Å². The van der Waals surface area contributed by atoms with Crippen molar-refractivity contribution in [3.8, 4) is 0 Å². The van der Waals surface area contributed by atoms with Crippen LogP contribution in [0.2, 0.25) is 5.02 Å². The van der Waals surface area contributed by atoms with Crippen LogP contribution < -0.4 is 5.32 Å². The Hall–Kier alpha value is -1.95. The van der Waals surface area contributed by atoms with Gasteiger partial charge in [-0.15, -0.1) is 0 Å². The minimum atomic E-state index is -0.181. The summed E-state index contributed by atoms with van der Waals surface area (Å²) >= 11 is 11.7. The first kappa shape index (κ1) is 18.1. The van der Waals surface area contributed by atoms with Crippen molar-refractivity contribution in [2.45, 2.75) is 37.3 Å². The van der Waals surface area contributed by atoms with Crippen LogP contribution in [0.25, 0.3) is 0 Å². The Bertz CT molecular complexity index is 1090. The van der Waals surface area contributed by atoms with Crippen molar-refractivity contribution in [1.82, 2.24) is 14.9 Å². The Morgan fingerprint density at radius 1 is 1.25 bits per heavy atom. The van der Waals surface area contributed by atoms with E-state index in [1.54, 1.807) is 12.1 Å². The standard InChI is InChI=1S/C22H21ClFN3S/c23-15-6-7-18(24)16(10-15)22-11-17(22)20-19(26-21(28)27(20)13-22)8-9-25-12-14-4-2-1-3-5-14/h1-7,10,17,25H,8-9,11-13H2,(H,26,28)/t17?,22-/m1/s1. The van der Waals surface area contributed by atoms with Crippen molar-refractivity contribution in [1.29, 1.82) is 0 Å². The molecule has 144 valence electrons. The highest BCUT2D eigenvalue weighted by Crippen LogP contribution is 2.66. The minimum Gasteiger partial charge on any atom is -0.334 e. The second-order valence-electron chi connectivity index (χ2n) is 7.83. The third kappa shape index (κ3) is 2.93. The molecular formula is C22H21ClFN3S. The van der Waals surface area contributed by atoms with Gasteiger partial charge in [0.15, 0.2) is 4.77 Å². The Balaban J connectivity index is 1.32. The summed E-state index contributed by atoms with van der Waals surface area (Å²) in [4.78, 5) is 3.38. The maximum atomic E-state index is 14.5. The van der Waals surface area contributed by atoms with E-state index in [9.17, 15) is 4.39 Å². The van der Waals surface area contributed by atoms with Crippen LogP contribution in [0.4, 0.5) is 4.39 Å². The zero-order valence-electron chi connectivity index (χ0n) is 15.3. The molecule has 2 aliphatic rings. The summed E-state index contributed by atoms with van der Waals surface area (Å²) in [7, 11) is 0. The van der Waals surface area contributed by atoms with Gasteiger partial charge in [-0.05, 0) is 48.0 Å². The third-order valence-corrected chi connectivity index (χ3v) is 6.69. The highest BCUT2D eigenvalue weighted by molar-refractivity contribution is 7.71. The smallest absolute Gasteiger partial charge is 0.177 e.